The predicted molar refractivity (Wildman–Crippen MR) is 226 cm³/mol. The van der Waals surface area contributed by atoms with Gasteiger partial charge in [0, 0.05) is 18.4 Å². The zero-order chi connectivity index (χ0) is 40.3. The lowest BCUT2D eigenvalue weighted by Gasteiger charge is -2.14. The van der Waals surface area contributed by atoms with Gasteiger partial charge in [0.05, 0.1) is 13.2 Å². The lowest BCUT2D eigenvalue weighted by molar-refractivity contribution is -0.133. The van der Waals surface area contributed by atoms with Crippen molar-refractivity contribution in [3.63, 3.8) is 0 Å². The van der Waals surface area contributed by atoms with Crippen LogP contribution in [0.25, 0.3) is 0 Å². The second kappa shape index (κ2) is 28.9. The van der Waals surface area contributed by atoms with Gasteiger partial charge in [0.1, 0.15) is 15.4 Å². The number of aryl methyl sites for hydroxylation is 2. The third-order valence-corrected chi connectivity index (χ3v) is 9.85. The van der Waals surface area contributed by atoms with Crippen molar-refractivity contribution in [2.24, 2.45) is 0 Å². The number of ether oxygens (including phenoxy) is 5. The van der Waals surface area contributed by atoms with Crippen LogP contribution in [0, 0.1) is 0 Å². The van der Waals surface area contributed by atoms with E-state index in [1.54, 1.807) is 13.8 Å². The Morgan fingerprint density at radius 1 is 0.600 bits per heavy atom. The van der Waals surface area contributed by atoms with Crippen molar-refractivity contribution in [2.75, 3.05) is 13.2 Å². The van der Waals surface area contributed by atoms with E-state index in [-0.39, 0.29) is 41.5 Å². The van der Waals surface area contributed by atoms with Crippen LogP contribution in [0.5, 0.6) is 11.5 Å². The summed E-state index contributed by atoms with van der Waals surface area (Å²) in [5.74, 6) is -0.0600. The minimum Gasteiger partial charge on any atom is -0.434 e. The van der Waals surface area contributed by atoms with Gasteiger partial charge in [-0.05, 0) is 73.9 Å². The van der Waals surface area contributed by atoms with Gasteiger partial charge in [-0.3, -0.25) is 4.79 Å². The Morgan fingerprint density at radius 2 is 1.00 bits per heavy atom. The Morgan fingerprint density at radius 3 is 1.40 bits per heavy atom. The molecule has 10 heteroatoms. The quantitative estimate of drug-likeness (QED) is 0.0157. The molecule has 0 N–H and O–H groups in total. The summed E-state index contributed by atoms with van der Waals surface area (Å²) in [4.78, 5) is 49.4. The Balaban J connectivity index is 1.84. The number of carbonyl (C=O) groups is 4. The number of benzene rings is 2. The van der Waals surface area contributed by atoms with E-state index in [0.717, 1.165) is 49.7 Å². The van der Waals surface area contributed by atoms with Crippen LogP contribution in [0.2, 0.25) is 0 Å². The van der Waals surface area contributed by atoms with Crippen molar-refractivity contribution in [1.29, 1.82) is 0 Å². The summed E-state index contributed by atoms with van der Waals surface area (Å²) >= 11 is 2.01. The summed E-state index contributed by atoms with van der Waals surface area (Å²) in [6.07, 6.45) is 19.5. The van der Waals surface area contributed by atoms with Crippen molar-refractivity contribution in [1.82, 2.24) is 0 Å². The van der Waals surface area contributed by atoms with Gasteiger partial charge in [-0.15, -0.1) is 0 Å². The molecule has 2 aromatic rings. The second-order valence-corrected chi connectivity index (χ2v) is 16.2. The molecule has 2 rings (SSSR count). The molecule has 0 spiro atoms. The minimum atomic E-state index is -1.20. The van der Waals surface area contributed by atoms with Gasteiger partial charge >= 0.3 is 24.2 Å². The third kappa shape index (κ3) is 21.5. The van der Waals surface area contributed by atoms with E-state index in [9.17, 15) is 19.2 Å². The first-order valence-corrected chi connectivity index (χ1v) is 21.8. The maximum Gasteiger partial charge on any atom is 0.518 e. The van der Waals surface area contributed by atoms with Crippen LogP contribution < -0.4 is 9.47 Å². The lowest BCUT2D eigenvalue weighted by atomic mass is 10.0. The highest BCUT2D eigenvalue weighted by Gasteiger charge is 2.18. The van der Waals surface area contributed by atoms with Crippen molar-refractivity contribution in [2.45, 2.75) is 160 Å². The van der Waals surface area contributed by atoms with Crippen LogP contribution in [0.1, 0.15) is 153 Å². The van der Waals surface area contributed by atoms with Crippen LogP contribution >= 0.6 is 22.6 Å². The highest BCUT2D eigenvalue weighted by Crippen LogP contribution is 2.26. The Bertz CT molecular complexity index is 1470. The summed E-state index contributed by atoms with van der Waals surface area (Å²) < 4.78 is 25.9. The molecule has 2 aromatic carbocycles. The van der Waals surface area contributed by atoms with Crippen molar-refractivity contribution >= 4 is 46.8 Å². The van der Waals surface area contributed by atoms with Gasteiger partial charge in [0.2, 0.25) is 0 Å². The Labute approximate surface area is 343 Å². The molecular formula is C45H65IO9. The maximum absolute atomic E-state index is 12.4. The molecule has 9 nitrogen and oxygen atoms in total. The average molecular weight is 877 g/mol. The topological polar surface area (TPSA) is 114 Å². The number of halogens is 1. The molecule has 0 radical (unpaired) electrons. The van der Waals surface area contributed by atoms with Gasteiger partial charge in [0.15, 0.2) is 0 Å². The van der Waals surface area contributed by atoms with Crippen LogP contribution in [0.3, 0.4) is 0 Å². The van der Waals surface area contributed by atoms with Crippen LogP contribution in [0.4, 0.5) is 9.59 Å². The number of hydrogen-bond donors (Lipinski definition) is 0. The summed E-state index contributed by atoms with van der Waals surface area (Å²) in [5, 5.41) is 0. The van der Waals surface area contributed by atoms with Gasteiger partial charge in [-0.1, -0.05) is 157 Å². The van der Waals surface area contributed by atoms with E-state index in [1.807, 2.05) is 59.0 Å². The molecule has 0 saturated carbocycles. The molecule has 0 aliphatic heterocycles. The van der Waals surface area contributed by atoms with Gasteiger partial charge in [0.25, 0.3) is 0 Å². The van der Waals surface area contributed by atoms with Crippen molar-refractivity contribution < 1.29 is 42.9 Å². The largest absolute Gasteiger partial charge is 0.518 e. The monoisotopic (exact) mass is 876 g/mol. The average Bonchev–Trinajstić information content (AvgIpc) is 3.15. The smallest absolute Gasteiger partial charge is 0.434 e. The second-order valence-electron chi connectivity index (χ2n) is 14.3. The molecule has 0 bridgehead atoms. The molecule has 0 fully saturated rings. The summed E-state index contributed by atoms with van der Waals surface area (Å²) in [6.45, 7) is 11.3. The molecule has 55 heavy (non-hydrogen) atoms. The van der Waals surface area contributed by atoms with Crippen LogP contribution in [-0.2, 0) is 49.5 Å². The first-order valence-electron chi connectivity index (χ1n) is 20.5. The molecule has 0 aliphatic rings. The Hall–Kier alpha value is -3.41. The first kappa shape index (κ1) is 47.7. The van der Waals surface area contributed by atoms with Crippen molar-refractivity contribution in [3.8, 4) is 11.5 Å². The fourth-order valence-corrected chi connectivity index (χ4v) is 6.16. The van der Waals surface area contributed by atoms with Crippen molar-refractivity contribution in [3.05, 3.63) is 70.8 Å². The molecule has 1 unspecified atom stereocenters. The highest BCUT2D eigenvalue weighted by atomic mass is 127. The molecule has 1 atom stereocenters. The number of esters is 2. The predicted octanol–water partition coefficient (Wildman–Crippen LogP) is 12.3. The molecule has 0 aromatic heterocycles. The fourth-order valence-electron chi connectivity index (χ4n) is 6.03. The third-order valence-electron chi connectivity index (χ3n) is 9.34. The van der Waals surface area contributed by atoms with E-state index >= 15 is 0 Å². The number of carbonyl (C=O) groups excluding carboxylic acids is 4. The summed E-state index contributed by atoms with van der Waals surface area (Å²) in [6, 6.07) is 11.5. The fraction of sp³-hybridized carbons (Fsp3) is 0.600. The van der Waals surface area contributed by atoms with Gasteiger partial charge < -0.3 is 23.7 Å². The maximum atomic E-state index is 12.4. The Kier molecular flexibility index (Phi) is 25.1. The number of rotatable bonds is 28. The van der Waals surface area contributed by atoms with E-state index in [2.05, 4.69) is 20.4 Å². The molecule has 0 heterocycles. The number of hydrogen-bond acceptors (Lipinski definition) is 9. The standard InChI is InChI=1S/C45H65IO9/c1-6-8-10-12-14-16-18-20-22-36-24-26-38(40(32-36)53-42(47)34(3)4)28-30-51-44(49)55-45(50)52-31-29-39-27-25-37(33-41(39)54-43(48)35(5)46)23-21-19-17-15-13-11-9-7-2/h24-27,32-33,35H,3,6-23,28-31H2,1-2,4-5H3. The molecule has 0 aliphatic carbocycles. The van der Waals surface area contributed by atoms with E-state index < -0.39 is 18.3 Å². The molecule has 0 saturated heterocycles. The van der Waals surface area contributed by atoms with E-state index in [4.69, 9.17) is 23.7 Å². The molecular weight excluding hydrogens is 811 g/mol. The van der Waals surface area contributed by atoms with E-state index in [1.165, 1.54) is 77.0 Å². The zero-order valence-corrected chi connectivity index (χ0v) is 36.0. The molecule has 0 amide bonds. The SMILES string of the molecule is C=C(C)C(=O)Oc1cc(CCCCCCCCCC)ccc1CCOC(=O)OC(=O)OCCc1ccc(CCCCCCCCCC)cc1OC(=O)C(C)I. The normalized spacial score (nSPS) is 11.4. The van der Waals surface area contributed by atoms with E-state index in [0.29, 0.717) is 22.6 Å². The minimum absolute atomic E-state index is 0.101. The summed E-state index contributed by atoms with van der Waals surface area (Å²) in [5.41, 5.74) is 3.78. The number of alkyl halides is 1. The van der Waals surface area contributed by atoms with Gasteiger partial charge in [-0.25, -0.2) is 14.4 Å². The first-order chi connectivity index (χ1) is 26.5. The molecule has 306 valence electrons. The highest BCUT2D eigenvalue weighted by molar-refractivity contribution is 14.1. The van der Waals surface area contributed by atoms with Crippen LogP contribution in [-0.4, -0.2) is 41.4 Å². The number of unbranched alkanes of at least 4 members (excludes halogenated alkanes) is 14. The van der Waals surface area contributed by atoms with Gasteiger partial charge in [-0.2, -0.15) is 0 Å². The summed E-state index contributed by atoms with van der Waals surface area (Å²) in [7, 11) is 0. The van der Waals surface area contributed by atoms with Crippen LogP contribution in [0.15, 0.2) is 48.6 Å². The zero-order valence-electron chi connectivity index (χ0n) is 33.9. The lowest BCUT2D eigenvalue weighted by Crippen LogP contribution is -2.19.